The summed E-state index contributed by atoms with van der Waals surface area (Å²) in [5.74, 6) is 0. The van der Waals surface area contributed by atoms with Crippen LogP contribution in [0.1, 0.15) is 24.9 Å². The van der Waals surface area contributed by atoms with Crippen molar-refractivity contribution in [1.29, 1.82) is 0 Å². The van der Waals surface area contributed by atoms with Crippen LogP contribution in [0.25, 0.3) is 10.4 Å². The van der Waals surface area contributed by atoms with Crippen LogP contribution in [0.3, 0.4) is 0 Å². The highest BCUT2D eigenvalue weighted by Crippen LogP contribution is 2.32. The third-order valence-electron chi connectivity index (χ3n) is 2.61. The van der Waals surface area contributed by atoms with Crippen molar-refractivity contribution in [3.05, 3.63) is 46.3 Å². The lowest BCUT2D eigenvalue weighted by Gasteiger charge is -2.10. The Balaban J connectivity index is 2.36. The minimum atomic E-state index is 0.121. The average Bonchev–Trinajstić information content (AvgIpc) is 2.75. The fraction of sp³-hybridized carbons (Fsp3) is 0.231. The molecule has 0 aliphatic rings. The SMILES string of the molecule is CCC(N)c1cccc(-c2ccc(Cl)s2)c1. The Morgan fingerprint density at radius 1 is 1.31 bits per heavy atom. The van der Waals surface area contributed by atoms with Crippen molar-refractivity contribution in [3.63, 3.8) is 0 Å². The molecule has 1 unspecified atom stereocenters. The summed E-state index contributed by atoms with van der Waals surface area (Å²) in [6.07, 6.45) is 0.953. The van der Waals surface area contributed by atoms with E-state index in [0.29, 0.717) is 0 Å². The second-order valence-corrected chi connectivity index (χ2v) is 5.46. The summed E-state index contributed by atoms with van der Waals surface area (Å²) >= 11 is 7.53. The van der Waals surface area contributed by atoms with Gasteiger partial charge in [-0.15, -0.1) is 11.3 Å². The van der Waals surface area contributed by atoms with Gasteiger partial charge >= 0.3 is 0 Å². The second-order valence-electron chi connectivity index (χ2n) is 3.74. The molecule has 0 spiro atoms. The molecule has 0 saturated carbocycles. The van der Waals surface area contributed by atoms with Gasteiger partial charge in [0.05, 0.1) is 4.34 Å². The van der Waals surface area contributed by atoms with Gasteiger partial charge in [-0.3, -0.25) is 0 Å². The first-order valence-electron chi connectivity index (χ1n) is 5.32. The first kappa shape index (κ1) is 11.6. The Morgan fingerprint density at radius 3 is 2.75 bits per heavy atom. The van der Waals surface area contributed by atoms with Crippen molar-refractivity contribution in [3.8, 4) is 10.4 Å². The maximum atomic E-state index is 6.02. The smallest absolute Gasteiger partial charge is 0.0934 e. The molecule has 0 aliphatic carbocycles. The normalized spacial score (nSPS) is 12.7. The summed E-state index contributed by atoms with van der Waals surface area (Å²) in [5, 5.41) is 0. The van der Waals surface area contributed by atoms with Crippen molar-refractivity contribution in [2.45, 2.75) is 19.4 Å². The number of hydrogen-bond donors (Lipinski definition) is 1. The van der Waals surface area contributed by atoms with E-state index in [0.717, 1.165) is 10.8 Å². The fourth-order valence-electron chi connectivity index (χ4n) is 1.63. The lowest BCUT2D eigenvalue weighted by molar-refractivity contribution is 0.699. The van der Waals surface area contributed by atoms with Gasteiger partial charge in [0.25, 0.3) is 0 Å². The van der Waals surface area contributed by atoms with Gasteiger partial charge in [0.2, 0.25) is 0 Å². The van der Waals surface area contributed by atoms with Crippen molar-refractivity contribution in [1.82, 2.24) is 0 Å². The van der Waals surface area contributed by atoms with Gasteiger partial charge in [0.15, 0.2) is 0 Å². The minimum absolute atomic E-state index is 0.121. The van der Waals surface area contributed by atoms with Gasteiger partial charge < -0.3 is 5.73 Å². The molecule has 3 heteroatoms. The molecule has 2 aromatic rings. The summed E-state index contributed by atoms with van der Waals surface area (Å²) in [6, 6.07) is 12.5. The van der Waals surface area contributed by atoms with Gasteiger partial charge in [-0.05, 0) is 35.7 Å². The van der Waals surface area contributed by atoms with Crippen LogP contribution in [0.2, 0.25) is 4.34 Å². The Labute approximate surface area is 105 Å². The zero-order valence-corrected chi connectivity index (χ0v) is 10.7. The van der Waals surface area contributed by atoms with E-state index in [4.69, 9.17) is 17.3 Å². The van der Waals surface area contributed by atoms with Crippen LogP contribution in [0.15, 0.2) is 36.4 Å². The van der Waals surface area contributed by atoms with Crippen LogP contribution < -0.4 is 5.73 Å². The first-order chi connectivity index (χ1) is 7.70. The van der Waals surface area contributed by atoms with Gasteiger partial charge in [-0.1, -0.05) is 36.7 Å². The van der Waals surface area contributed by atoms with E-state index in [2.05, 4.69) is 25.1 Å². The lowest BCUT2D eigenvalue weighted by atomic mass is 10.0. The molecular formula is C13H14ClNS. The molecule has 1 atom stereocenters. The fourth-order valence-corrected chi connectivity index (χ4v) is 2.67. The molecular weight excluding hydrogens is 238 g/mol. The summed E-state index contributed by atoms with van der Waals surface area (Å²) < 4.78 is 0.820. The Bertz CT molecular complexity index is 478. The maximum absolute atomic E-state index is 6.02. The molecule has 1 nitrogen and oxygen atoms in total. The number of thiophene rings is 1. The Hall–Kier alpha value is -0.830. The van der Waals surface area contributed by atoms with Crippen LogP contribution in [-0.4, -0.2) is 0 Å². The largest absolute Gasteiger partial charge is 0.324 e. The monoisotopic (exact) mass is 251 g/mol. The number of rotatable bonds is 3. The Kier molecular flexibility index (Phi) is 3.64. The summed E-state index contributed by atoms with van der Waals surface area (Å²) in [5.41, 5.74) is 8.40. The van der Waals surface area contributed by atoms with Crippen molar-refractivity contribution in [2.75, 3.05) is 0 Å². The van der Waals surface area contributed by atoms with E-state index >= 15 is 0 Å². The predicted octanol–water partition coefficient (Wildman–Crippen LogP) is 4.48. The van der Waals surface area contributed by atoms with E-state index in [1.165, 1.54) is 16.0 Å². The van der Waals surface area contributed by atoms with E-state index in [1.54, 1.807) is 11.3 Å². The molecule has 0 aliphatic heterocycles. The number of benzene rings is 1. The quantitative estimate of drug-likeness (QED) is 0.855. The number of hydrogen-bond acceptors (Lipinski definition) is 2. The average molecular weight is 252 g/mol. The summed E-state index contributed by atoms with van der Waals surface area (Å²) in [4.78, 5) is 1.19. The van der Waals surface area contributed by atoms with Crippen LogP contribution in [0.5, 0.6) is 0 Å². The third kappa shape index (κ3) is 2.46. The van der Waals surface area contributed by atoms with Gasteiger partial charge in [0, 0.05) is 10.9 Å². The predicted molar refractivity (Wildman–Crippen MR) is 72.0 cm³/mol. The molecule has 1 heterocycles. The molecule has 0 radical (unpaired) electrons. The number of nitrogens with two attached hydrogens (primary N) is 1. The highest BCUT2D eigenvalue weighted by molar-refractivity contribution is 7.19. The first-order valence-corrected chi connectivity index (χ1v) is 6.51. The van der Waals surface area contributed by atoms with Crippen molar-refractivity contribution >= 4 is 22.9 Å². The molecule has 0 saturated heterocycles. The van der Waals surface area contributed by atoms with E-state index < -0.39 is 0 Å². The van der Waals surface area contributed by atoms with Crippen molar-refractivity contribution in [2.24, 2.45) is 5.73 Å². The van der Waals surface area contributed by atoms with E-state index in [9.17, 15) is 0 Å². The molecule has 0 fully saturated rings. The van der Waals surface area contributed by atoms with Crippen LogP contribution in [-0.2, 0) is 0 Å². The van der Waals surface area contributed by atoms with Crippen LogP contribution in [0.4, 0.5) is 0 Å². The van der Waals surface area contributed by atoms with Crippen molar-refractivity contribution < 1.29 is 0 Å². The second kappa shape index (κ2) is 5.00. The van der Waals surface area contributed by atoms with E-state index in [-0.39, 0.29) is 6.04 Å². The highest BCUT2D eigenvalue weighted by atomic mass is 35.5. The molecule has 2 rings (SSSR count). The zero-order valence-electron chi connectivity index (χ0n) is 9.11. The maximum Gasteiger partial charge on any atom is 0.0934 e. The highest BCUT2D eigenvalue weighted by Gasteiger charge is 2.06. The topological polar surface area (TPSA) is 26.0 Å². The lowest BCUT2D eigenvalue weighted by Crippen LogP contribution is -2.08. The van der Waals surface area contributed by atoms with Gasteiger partial charge in [0.1, 0.15) is 0 Å². The van der Waals surface area contributed by atoms with Gasteiger partial charge in [-0.25, -0.2) is 0 Å². The molecule has 84 valence electrons. The summed E-state index contributed by atoms with van der Waals surface area (Å²) in [7, 11) is 0. The summed E-state index contributed by atoms with van der Waals surface area (Å²) in [6.45, 7) is 2.10. The molecule has 0 bridgehead atoms. The van der Waals surface area contributed by atoms with Crippen LogP contribution in [0, 0.1) is 0 Å². The zero-order chi connectivity index (χ0) is 11.5. The molecule has 0 amide bonds. The number of halogens is 1. The molecule has 2 N–H and O–H groups in total. The van der Waals surface area contributed by atoms with Gasteiger partial charge in [-0.2, -0.15) is 0 Å². The standard InChI is InChI=1S/C13H14ClNS/c1-2-11(15)9-4-3-5-10(8-9)12-6-7-13(14)16-12/h3-8,11H,2,15H2,1H3. The molecule has 1 aromatic heterocycles. The molecule has 16 heavy (non-hydrogen) atoms. The van der Waals surface area contributed by atoms with E-state index in [1.807, 2.05) is 18.2 Å². The van der Waals surface area contributed by atoms with Crippen LogP contribution >= 0.6 is 22.9 Å². The molecule has 1 aromatic carbocycles. The minimum Gasteiger partial charge on any atom is -0.324 e. The third-order valence-corrected chi connectivity index (χ3v) is 3.89. The Morgan fingerprint density at radius 2 is 2.12 bits per heavy atom.